The number of rotatable bonds is 16. The first-order chi connectivity index (χ1) is 33.5. The Morgan fingerprint density at radius 3 is 0.708 bits per heavy atom. The molecule has 0 saturated heterocycles. The third-order valence-corrected chi connectivity index (χ3v) is 13.6. The fourth-order valence-corrected chi connectivity index (χ4v) is 9.23. The number of nitrogens with zero attached hydrogens (tertiary/aromatic N) is 2. The number of hydrogen-bond donors (Lipinski definition) is 2. The highest BCUT2D eigenvalue weighted by Crippen LogP contribution is 2.44. The maximum atomic E-state index is 13.8. The number of aliphatic carboxylic acids is 2. The average molecular weight is 991 g/mol. The summed E-state index contributed by atoms with van der Waals surface area (Å²) in [6.45, 7) is 33.8. The van der Waals surface area contributed by atoms with Gasteiger partial charge in [0.05, 0.1) is 0 Å². The van der Waals surface area contributed by atoms with Gasteiger partial charge >= 0.3 is 11.9 Å². The van der Waals surface area contributed by atoms with Crippen LogP contribution in [0.25, 0.3) is 0 Å². The van der Waals surface area contributed by atoms with Crippen LogP contribution in [0, 0.1) is 0 Å². The van der Waals surface area contributed by atoms with Gasteiger partial charge in [0.1, 0.15) is 23.0 Å². The molecule has 1 aliphatic carbocycles. The molecule has 72 heavy (non-hydrogen) atoms. The Morgan fingerprint density at radius 2 is 0.556 bits per heavy atom. The van der Waals surface area contributed by atoms with E-state index in [4.69, 9.17) is 18.9 Å². The van der Waals surface area contributed by atoms with E-state index < -0.39 is 25.2 Å². The second kappa shape index (κ2) is 22.8. The lowest BCUT2D eigenvalue weighted by atomic mass is 9.79. The monoisotopic (exact) mass is 991 g/mol. The van der Waals surface area contributed by atoms with E-state index in [0.29, 0.717) is 49.2 Å². The maximum Gasteiger partial charge on any atom is 0.341 e. The fraction of sp³-hybridized carbons (Fsp3) is 0.533. The molecule has 4 aromatic carbocycles. The van der Waals surface area contributed by atoms with E-state index in [1.807, 2.05) is 27.7 Å². The number of amides is 2. The predicted molar refractivity (Wildman–Crippen MR) is 285 cm³/mol. The average Bonchev–Trinajstić information content (AvgIpc) is 3.26. The first-order valence-electron chi connectivity index (χ1n) is 25.6. The summed E-state index contributed by atoms with van der Waals surface area (Å²) in [7, 11) is 0. The number of hydrogen-bond acceptors (Lipinski definition) is 8. The zero-order chi connectivity index (χ0) is 53.7. The van der Waals surface area contributed by atoms with Gasteiger partial charge in [-0.15, -0.1) is 0 Å². The molecule has 0 aliphatic heterocycles. The van der Waals surface area contributed by atoms with Gasteiger partial charge in [-0.3, -0.25) is 9.59 Å². The first-order valence-corrected chi connectivity index (χ1v) is 25.6. The molecule has 4 aromatic rings. The molecule has 12 heteroatoms. The van der Waals surface area contributed by atoms with Crippen LogP contribution < -0.4 is 18.9 Å². The van der Waals surface area contributed by atoms with Crippen LogP contribution in [-0.4, -0.2) is 96.4 Å². The second-order valence-electron chi connectivity index (χ2n) is 23.3. The van der Waals surface area contributed by atoms with E-state index >= 15 is 0 Å². The highest BCUT2D eigenvalue weighted by molar-refractivity contribution is 5.78. The quantitative estimate of drug-likeness (QED) is 0.0977. The van der Waals surface area contributed by atoms with Crippen molar-refractivity contribution in [3.05, 3.63) is 115 Å². The number of likely N-dealkylation sites (N-methyl/N-ethyl adjacent to an activating group) is 2. The summed E-state index contributed by atoms with van der Waals surface area (Å²) in [5, 5.41) is 20.4. The number of ether oxygens (including phenoxy) is 4. The zero-order valence-electron chi connectivity index (χ0n) is 46.2. The second-order valence-corrected chi connectivity index (χ2v) is 23.3. The van der Waals surface area contributed by atoms with Crippen molar-refractivity contribution in [2.45, 2.75) is 158 Å². The molecule has 0 fully saturated rings. The third-order valence-electron chi connectivity index (χ3n) is 13.6. The summed E-state index contributed by atoms with van der Waals surface area (Å²) < 4.78 is 26.5. The number of fused-ring (bicyclic) bond motifs is 8. The molecule has 2 amide bonds. The standard InChI is InChI=1S/C60H82N2O10/c1-17-61(18-2)49(63)33-69-53-37-21-41-29-47(59(11,12)13)31-43(55(41)71-35-51(65)66)23-39-27-46(58(8,9)10)28-40(54(39)70-34-50(64)62(19-3)20-4)24-44-32-48(60(14,15)16)30-42(56(44)72-36-52(67)68)22-38(53)26-45(25-37)57(5,6)7/h25-32H,17-24,33-36H2,1-16H3,(H,65,66)(H,67,68). The van der Waals surface area contributed by atoms with Crippen molar-refractivity contribution in [3.63, 3.8) is 0 Å². The van der Waals surface area contributed by atoms with Gasteiger partial charge in [-0.05, 0) is 116 Å². The normalized spacial score (nSPS) is 13.0. The molecule has 0 unspecified atom stereocenters. The van der Waals surface area contributed by atoms with E-state index in [2.05, 4.69) is 132 Å². The van der Waals surface area contributed by atoms with Crippen molar-refractivity contribution in [2.24, 2.45) is 0 Å². The molecule has 1 aliphatic rings. The van der Waals surface area contributed by atoms with Gasteiger partial charge in [0.25, 0.3) is 11.8 Å². The van der Waals surface area contributed by atoms with Gasteiger partial charge in [-0.2, -0.15) is 0 Å². The molecule has 0 radical (unpaired) electrons. The Kier molecular flexibility index (Phi) is 18.0. The van der Waals surface area contributed by atoms with E-state index in [1.165, 1.54) is 0 Å². The van der Waals surface area contributed by atoms with Gasteiger partial charge in [-0.1, -0.05) is 132 Å². The van der Waals surface area contributed by atoms with Gasteiger partial charge < -0.3 is 39.0 Å². The van der Waals surface area contributed by atoms with E-state index in [1.54, 1.807) is 9.80 Å². The molecule has 12 nitrogen and oxygen atoms in total. The summed E-state index contributed by atoms with van der Waals surface area (Å²) in [6, 6.07) is 16.8. The third kappa shape index (κ3) is 14.1. The van der Waals surface area contributed by atoms with Crippen LogP contribution in [0.3, 0.4) is 0 Å². The van der Waals surface area contributed by atoms with Crippen LogP contribution >= 0.6 is 0 Å². The number of carboxylic acid groups (broad SMARTS) is 2. The first kappa shape index (κ1) is 56.9. The van der Waals surface area contributed by atoms with Gasteiger partial charge in [0.15, 0.2) is 26.4 Å². The van der Waals surface area contributed by atoms with Crippen molar-refractivity contribution in [1.82, 2.24) is 9.80 Å². The minimum Gasteiger partial charge on any atom is -0.483 e. The van der Waals surface area contributed by atoms with E-state index in [-0.39, 0.29) is 72.4 Å². The molecule has 392 valence electrons. The summed E-state index contributed by atoms with van der Waals surface area (Å²) >= 11 is 0. The minimum atomic E-state index is -1.13. The van der Waals surface area contributed by atoms with Gasteiger partial charge in [0, 0.05) is 51.9 Å². The SMILES string of the molecule is CCN(CC)C(=O)COc1c2cc(C(C)(C)C)cc1Cc1cc(C(C)(C)C)cc(c1OCC(=O)O)Cc1cc(C(C)(C)C)cc(c1OCC(=O)N(CC)CC)Cc1cc(C(C)(C)C)cc(c1OCC(=O)O)C2. The number of carboxylic acids is 2. The van der Waals surface area contributed by atoms with Crippen molar-refractivity contribution < 1.29 is 48.3 Å². The summed E-state index contributed by atoms with van der Waals surface area (Å²) in [6.07, 6.45) is 0.953. The molecule has 0 aromatic heterocycles. The lowest BCUT2D eigenvalue weighted by molar-refractivity contribution is -0.140. The van der Waals surface area contributed by atoms with E-state index in [0.717, 1.165) is 66.8 Å². The van der Waals surface area contributed by atoms with Crippen LogP contribution in [0.1, 0.15) is 178 Å². The largest absolute Gasteiger partial charge is 0.483 e. The van der Waals surface area contributed by atoms with Crippen molar-refractivity contribution in [1.29, 1.82) is 0 Å². The lowest BCUT2D eigenvalue weighted by Gasteiger charge is -2.29. The minimum absolute atomic E-state index is 0.170. The van der Waals surface area contributed by atoms with Crippen molar-refractivity contribution >= 4 is 23.8 Å². The highest BCUT2D eigenvalue weighted by atomic mass is 16.5. The lowest BCUT2D eigenvalue weighted by Crippen LogP contribution is -2.34. The topological polar surface area (TPSA) is 152 Å². The van der Waals surface area contributed by atoms with Crippen molar-refractivity contribution in [3.8, 4) is 23.0 Å². The number of benzene rings is 4. The van der Waals surface area contributed by atoms with Crippen LogP contribution in [-0.2, 0) is 66.5 Å². The summed E-state index contributed by atoms with van der Waals surface area (Å²) in [5.41, 5.74) is 8.56. The zero-order valence-corrected chi connectivity index (χ0v) is 46.2. The molecular formula is C60H82N2O10. The Morgan fingerprint density at radius 1 is 0.375 bits per heavy atom. The Hall–Kier alpha value is -6.04. The maximum absolute atomic E-state index is 13.8. The molecule has 0 heterocycles. The predicted octanol–water partition coefficient (Wildman–Crippen LogP) is 11.0. The smallest absolute Gasteiger partial charge is 0.341 e. The van der Waals surface area contributed by atoms with E-state index in [9.17, 15) is 29.4 Å². The molecular weight excluding hydrogens is 909 g/mol. The molecule has 0 spiro atoms. The number of carbonyl (C=O) groups excluding carboxylic acids is 2. The Bertz CT molecular complexity index is 2350. The Balaban J connectivity index is 2.05. The molecule has 5 rings (SSSR count). The molecule has 8 bridgehead atoms. The van der Waals surface area contributed by atoms with Crippen LogP contribution in [0.15, 0.2) is 48.5 Å². The molecule has 0 atom stereocenters. The Labute approximate surface area is 429 Å². The highest BCUT2D eigenvalue weighted by Gasteiger charge is 2.30. The molecule has 0 saturated carbocycles. The number of carbonyl (C=O) groups is 4. The molecule has 2 N–H and O–H groups in total. The van der Waals surface area contributed by atoms with Crippen LogP contribution in [0.5, 0.6) is 23.0 Å². The fourth-order valence-electron chi connectivity index (χ4n) is 9.23. The summed E-state index contributed by atoms with van der Waals surface area (Å²) in [4.78, 5) is 56.0. The van der Waals surface area contributed by atoms with Crippen molar-refractivity contribution in [2.75, 3.05) is 52.6 Å². The van der Waals surface area contributed by atoms with Gasteiger partial charge in [-0.25, -0.2) is 9.59 Å². The van der Waals surface area contributed by atoms with Crippen LogP contribution in [0.2, 0.25) is 0 Å². The van der Waals surface area contributed by atoms with Crippen LogP contribution in [0.4, 0.5) is 0 Å². The van der Waals surface area contributed by atoms with Gasteiger partial charge in [0.2, 0.25) is 0 Å². The summed E-state index contributed by atoms with van der Waals surface area (Å²) in [5.74, 6) is -0.751.